The van der Waals surface area contributed by atoms with E-state index < -0.39 is 28.1 Å². The number of esters is 1. The van der Waals surface area contributed by atoms with E-state index in [-0.39, 0.29) is 9.38 Å². The second kappa shape index (κ2) is 8.36. The zero-order chi connectivity index (χ0) is 20.5. The minimum Gasteiger partial charge on any atom is -0.497 e. The van der Waals surface area contributed by atoms with Gasteiger partial charge in [0.05, 0.1) is 22.5 Å². The number of hydrogen-bond acceptors (Lipinski definition) is 5. The van der Waals surface area contributed by atoms with Gasteiger partial charge in [0.15, 0.2) is 6.10 Å². The molecular weight excluding hydrogens is 514 g/mol. The number of aryl methyl sites for hydroxylation is 1. The number of carbonyl (C=O) groups is 1. The summed E-state index contributed by atoms with van der Waals surface area (Å²) in [5.41, 5.74) is 1.57. The van der Waals surface area contributed by atoms with Crippen molar-refractivity contribution in [1.29, 1.82) is 0 Å². The first kappa shape index (κ1) is 21.0. The van der Waals surface area contributed by atoms with E-state index in [9.17, 15) is 13.2 Å². The maximum Gasteiger partial charge on any atom is 0.346 e. The van der Waals surface area contributed by atoms with Crippen LogP contribution in [0.5, 0.6) is 5.75 Å². The smallest absolute Gasteiger partial charge is 0.346 e. The molecule has 0 spiro atoms. The topological polar surface area (TPSA) is 81.7 Å². The second-order valence-electron chi connectivity index (χ2n) is 6.17. The molecule has 0 aromatic heterocycles. The van der Waals surface area contributed by atoms with Crippen LogP contribution in [0.4, 0.5) is 0 Å². The third-order valence-corrected chi connectivity index (χ3v) is 7.85. The van der Waals surface area contributed by atoms with Crippen molar-refractivity contribution >= 4 is 47.9 Å². The molecule has 28 heavy (non-hydrogen) atoms. The largest absolute Gasteiger partial charge is 0.497 e. The standard InChI is InChI=1S/C19H17Br2NO5S/c1-11-3-9-14(10-4-11)28(24,25)22-17(12-5-7-13(26-2)8-6-12)18-15(20)16(21)19(23)27-18/h3-10,17-18,22H,1-2H3/t17-,18-/m1/s1. The molecule has 6 nitrogen and oxygen atoms in total. The highest BCUT2D eigenvalue weighted by molar-refractivity contribution is 9.14. The van der Waals surface area contributed by atoms with Gasteiger partial charge in [-0.05, 0) is 68.6 Å². The molecule has 1 N–H and O–H groups in total. The van der Waals surface area contributed by atoms with Crippen molar-refractivity contribution in [2.75, 3.05) is 7.11 Å². The molecule has 1 aliphatic rings. The molecule has 2 aromatic carbocycles. The molecule has 0 aliphatic carbocycles. The monoisotopic (exact) mass is 529 g/mol. The number of rotatable bonds is 6. The van der Waals surface area contributed by atoms with Crippen molar-refractivity contribution < 1.29 is 22.7 Å². The van der Waals surface area contributed by atoms with Gasteiger partial charge in [0.2, 0.25) is 10.0 Å². The van der Waals surface area contributed by atoms with Crippen LogP contribution in [0.1, 0.15) is 17.2 Å². The highest BCUT2D eigenvalue weighted by Gasteiger charge is 2.40. The van der Waals surface area contributed by atoms with Gasteiger partial charge >= 0.3 is 5.97 Å². The number of ether oxygens (including phenoxy) is 2. The quantitative estimate of drug-likeness (QED) is 0.572. The maximum atomic E-state index is 13.0. The number of sulfonamides is 1. The molecule has 148 valence electrons. The lowest BCUT2D eigenvalue weighted by molar-refractivity contribution is -0.139. The lowest BCUT2D eigenvalue weighted by Gasteiger charge is -2.25. The van der Waals surface area contributed by atoms with Crippen LogP contribution in [0.25, 0.3) is 0 Å². The summed E-state index contributed by atoms with van der Waals surface area (Å²) in [5.74, 6) is 0.0630. The van der Waals surface area contributed by atoms with Crippen LogP contribution in [0, 0.1) is 6.92 Å². The van der Waals surface area contributed by atoms with Gasteiger partial charge in [0.1, 0.15) is 10.2 Å². The Hall–Kier alpha value is -1.68. The molecule has 0 saturated carbocycles. The molecule has 1 aliphatic heterocycles. The van der Waals surface area contributed by atoms with Gasteiger partial charge < -0.3 is 9.47 Å². The van der Waals surface area contributed by atoms with Crippen LogP contribution < -0.4 is 9.46 Å². The summed E-state index contributed by atoms with van der Waals surface area (Å²) < 4.78 is 39.8. The number of methoxy groups -OCH3 is 1. The summed E-state index contributed by atoms with van der Waals surface area (Å²) in [6.45, 7) is 1.88. The summed E-state index contributed by atoms with van der Waals surface area (Å²) in [5, 5.41) is 0. The Labute approximate surface area is 180 Å². The zero-order valence-electron chi connectivity index (χ0n) is 15.0. The van der Waals surface area contributed by atoms with Crippen molar-refractivity contribution in [3.8, 4) is 5.75 Å². The molecular formula is C19H17Br2NO5S. The van der Waals surface area contributed by atoms with E-state index in [1.165, 1.54) is 12.1 Å². The lowest BCUT2D eigenvalue weighted by atomic mass is 10.0. The normalized spacial score (nSPS) is 18.1. The van der Waals surface area contributed by atoms with Gasteiger partial charge in [-0.2, -0.15) is 4.72 Å². The third kappa shape index (κ3) is 4.32. The van der Waals surface area contributed by atoms with Crippen molar-refractivity contribution in [1.82, 2.24) is 4.72 Å². The van der Waals surface area contributed by atoms with Crippen LogP contribution in [0.2, 0.25) is 0 Å². The molecule has 2 atom stereocenters. The van der Waals surface area contributed by atoms with Crippen LogP contribution in [-0.4, -0.2) is 27.6 Å². The molecule has 0 unspecified atom stereocenters. The summed E-state index contributed by atoms with van der Waals surface area (Å²) in [6, 6.07) is 12.5. The molecule has 0 fully saturated rings. The van der Waals surface area contributed by atoms with E-state index in [2.05, 4.69) is 36.6 Å². The minimum atomic E-state index is -3.87. The van der Waals surface area contributed by atoms with E-state index in [0.29, 0.717) is 15.8 Å². The Kier molecular flexibility index (Phi) is 6.28. The van der Waals surface area contributed by atoms with Crippen LogP contribution in [-0.2, 0) is 19.6 Å². The Balaban J connectivity index is 2.01. The molecule has 0 amide bonds. The summed E-state index contributed by atoms with van der Waals surface area (Å²) in [7, 11) is -2.32. The number of cyclic esters (lactones) is 1. The van der Waals surface area contributed by atoms with Crippen molar-refractivity contribution in [3.05, 3.63) is 68.6 Å². The molecule has 0 saturated heterocycles. The summed E-state index contributed by atoms with van der Waals surface area (Å²) in [4.78, 5) is 12.1. The number of nitrogens with one attached hydrogen (secondary N) is 1. The first-order chi connectivity index (χ1) is 13.2. The Bertz CT molecular complexity index is 1020. The van der Waals surface area contributed by atoms with Crippen LogP contribution in [0.3, 0.4) is 0 Å². The van der Waals surface area contributed by atoms with Gasteiger partial charge in [-0.3, -0.25) is 0 Å². The van der Waals surface area contributed by atoms with Crippen molar-refractivity contribution in [2.24, 2.45) is 0 Å². The fraction of sp³-hybridized carbons (Fsp3) is 0.211. The van der Waals surface area contributed by atoms with E-state index in [1.807, 2.05) is 6.92 Å². The SMILES string of the molecule is COc1ccc([C@@H](NS(=O)(=O)c2ccc(C)cc2)[C@@H]2OC(=O)C(Br)=C2Br)cc1. The van der Waals surface area contributed by atoms with E-state index in [0.717, 1.165) is 5.56 Å². The molecule has 0 radical (unpaired) electrons. The number of hydrogen-bond donors (Lipinski definition) is 1. The number of carbonyl (C=O) groups excluding carboxylic acids is 1. The minimum absolute atomic E-state index is 0.125. The first-order valence-electron chi connectivity index (χ1n) is 8.22. The van der Waals surface area contributed by atoms with Gasteiger partial charge in [0, 0.05) is 0 Å². The molecule has 1 heterocycles. The summed E-state index contributed by atoms with van der Waals surface area (Å²) >= 11 is 6.50. The molecule has 2 aromatic rings. The van der Waals surface area contributed by atoms with Gasteiger partial charge in [-0.15, -0.1) is 0 Å². The average Bonchev–Trinajstić information content (AvgIpc) is 2.94. The second-order valence-corrected chi connectivity index (χ2v) is 9.53. The van der Waals surface area contributed by atoms with Crippen molar-refractivity contribution in [2.45, 2.75) is 24.0 Å². The van der Waals surface area contributed by atoms with Gasteiger partial charge in [-0.25, -0.2) is 13.2 Å². The average molecular weight is 531 g/mol. The Morgan fingerprint density at radius 2 is 1.68 bits per heavy atom. The molecule has 3 rings (SSSR count). The van der Waals surface area contributed by atoms with Gasteiger partial charge in [0.25, 0.3) is 0 Å². The highest BCUT2D eigenvalue weighted by atomic mass is 79.9. The van der Waals surface area contributed by atoms with Gasteiger partial charge in [-0.1, -0.05) is 29.8 Å². The number of halogens is 2. The molecule has 9 heteroatoms. The maximum absolute atomic E-state index is 13.0. The highest BCUT2D eigenvalue weighted by Crippen LogP contribution is 2.39. The predicted octanol–water partition coefficient (Wildman–Crippen LogP) is 3.95. The van der Waals surface area contributed by atoms with E-state index >= 15 is 0 Å². The van der Waals surface area contributed by atoms with Crippen LogP contribution in [0.15, 0.2) is 62.4 Å². The first-order valence-corrected chi connectivity index (χ1v) is 11.3. The van der Waals surface area contributed by atoms with E-state index in [4.69, 9.17) is 9.47 Å². The fourth-order valence-corrected chi connectivity index (χ4v) is 4.79. The Morgan fingerprint density at radius 3 is 2.18 bits per heavy atom. The van der Waals surface area contributed by atoms with Crippen LogP contribution >= 0.6 is 31.9 Å². The lowest BCUT2D eigenvalue weighted by Crippen LogP contribution is -2.37. The summed E-state index contributed by atoms with van der Waals surface area (Å²) in [6.07, 6.45) is -0.851. The molecule has 0 bridgehead atoms. The Morgan fingerprint density at radius 1 is 1.07 bits per heavy atom. The zero-order valence-corrected chi connectivity index (χ0v) is 19.0. The predicted molar refractivity (Wildman–Crippen MR) is 112 cm³/mol. The van der Waals surface area contributed by atoms with Crippen molar-refractivity contribution in [3.63, 3.8) is 0 Å². The van der Waals surface area contributed by atoms with E-state index in [1.54, 1.807) is 43.5 Å². The fourth-order valence-electron chi connectivity index (χ4n) is 2.72. The number of benzene rings is 2. The third-order valence-electron chi connectivity index (χ3n) is 4.26.